The Kier molecular flexibility index (Phi) is 6.64. The number of carbonyl (C=O) groups excluding carboxylic acids is 1. The normalized spacial score (nSPS) is 10.6. The Balaban J connectivity index is 1.42. The Bertz CT molecular complexity index is 1340. The lowest BCUT2D eigenvalue weighted by Crippen LogP contribution is -2.15. The van der Waals surface area contributed by atoms with Gasteiger partial charge in [0, 0.05) is 18.2 Å². The molecule has 0 aliphatic heterocycles. The van der Waals surface area contributed by atoms with Gasteiger partial charge >= 0.3 is 5.97 Å². The number of anilines is 1. The number of phenols is 1. The van der Waals surface area contributed by atoms with Gasteiger partial charge in [0.05, 0.1) is 11.3 Å². The van der Waals surface area contributed by atoms with Crippen LogP contribution in [0.2, 0.25) is 0 Å². The number of aryl methyl sites for hydroxylation is 1. The molecule has 0 unspecified atom stereocenters. The van der Waals surface area contributed by atoms with E-state index in [9.17, 15) is 24.2 Å². The molecule has 0 saturated carbocycles. The first-order valence-electron chi connectivity index (χ1n) is 10.6. The average molecular weight is 456 g/mol. The minimum atomic E-state index is -1.23. The second-order valence-corrected chi connectivity index (χ2v) is 7.70. The molecule has 0 aliphatic carbocycles. The van der Waals surface area contributed by atoms with E-state index in [4.69, 9.17) is 0 Å². The van der Waals surface area contributed by atoms with Crippen LogP contribution in [0.1, 0.15) is 22.3 Å². The summed E-state index contributed by atoms with van der Waals surface area (Å²) in [7, 11) is 0. The minimum absolute atomic E-state index is 0.132. The van der Waals surface area contributed by atoms with Gasteiger partial charge in [0.2, 0.25) is 11.9 Å². The predicted molar refractivity (Wildman–Crippen MR) is 127 cm³/mol. The Hall–Kier alpha value is -4.52. The summed E-state index contributed by atoms with van der Waals surface area (Å²) < 4.78 is 14.0. The Labute approximate surface area is 195 Å². The number of aromatic hydroxyl groups is 1. The summed E-state index contributed by atoms with van der Waals surface area (Å²) in [5.41, 5.74) is 3.47. The molecule has 0 aliphatic rings. The van der Waals surface area contributed by atoms with Gasteiger partial charge in [-0.15, -0.1) is 0 Å². The van der Waals surface area contributed by atoms with Crippen LogP contribution in [0.4, 0.5) is 10.1 Å². The monoisotopic (exact) mass is 456 g/mol. The summed E-state index contributed by atoms with van der Waals surface area (Å²) in [5, 5.41) is 21.6. The van der Waals surface area contributed by atoms with E-state index in [2.05, 4.69) is 10.3 Å². The number of pyridine rings is 1. The summed E-state index contributed by atoms with van der Waals surface area (Å²) in [6.45, 7) is 0. The maximum absolute atomic E-state index is 14.0. The average Bonchev–Trinajstić information content (AvgIpc) is 2.84. The second-order valence-electron chi connectivity index (χ2n) is 7.70. The molecule has 4 rings (SSSR count). The van der Waals surface area contributed by atoms with Crippen molar-refractivity contribution in [1.82, 2.24) is 4.98 Å². The van der Waals surface area contributed by atoms with Gasteiger partial charge < -0.3 is 15.5 Å². The van der Waals surface area contributed by atoms with Crippen LogP contribution in [0.15, 0.2) is 85.1 Å². The fourth-order valence-corrected chi connectivity index (χ4v) is 3.59. The molecule has 3 N–H and O–H groups in total. The highest BCUT2D eigenvalue weighted by Crippen LogP contribution is 2.27. The number of nitrogens with one attached hydrogen (secondary N) is 1. The number of amides is 1. The second kappa shape index (κ2) is 9.95. The number of nitrogens with zero attached hydrogens (tertiary/aromatic N) is 1. The van der Waals surface area contributed by atoms with Gasteiger partial charge in [-0.3, -0.25) is 4.79 Å². The number of carboxylic acids is 1. The third-order valence-electron chi connectivity index (χ3n) is 5.39. The molecule has 1 amide bonds. The van der Waals surface area contributed by atoms with E-state index in [1.165, 1.54) is 24.4 Å². The SMILES string of the molecule is O=C(CCc1ccc(-c2ccc(O)cc2)cc1)Nc1ccc(-c2cccnc2F)cc1C(=O)O. The lowest BCUT2D eigenvalue weighted by molar-refractivity contribution is -0.116. The summed E-state index contributed by atoms with van der Waals surface area (Å²) >= 11 is 0. The molecule has 0 bridgehead atoms. The van der Waals surface area contributed by atoms with Crippen molar-refractivity contribution >= 4 is 17.6 Å². The van der Waals surface area contributed by atoms with E-state index >= 15 is 0 Å². The lowest BCUT2D eigenvalue weighted by Gasteiger charge is -2.11. The van der Waals surface area contributed by atoms with E-state index in [0.717, 1.165) is 16.7 Å². The van der Waals surface area contributed by atoms with Gasteiger partial charge in [0.25, 0.3) is 0 Å². The summed E-state index contributed by atoms with van der Waals surface area (Å²) in [6, 6.07) is 22.0. The number of rotatable bonds is 7. The predicted octanol–water partition coefficient (Wildman–Crippen LogP) is 5.53. The van der Waals surface area contributed by atoms with E-state index in [0.29, 0.717) is 12.0 Å². The Morgan fingerprint density at radius 3 is 2.18 bits per heavy atom. The van der Waals surface area contributed by atoms with Gasteiger partial charge in [-0.2, -0.15) is 4.39 Å². The van der Waals surface area contributed by atoms with Gasteiger partial charge in [0.1, 0.15) is 5.75 Å². The Morgan fingerprint density at radius 1 is 0.882 bits per heavy atom. The number of hydrogen-bond donors (Lipinski definition) is 3. The molecule has 4 aromatic rings. The molecule has 7 heteroatoms. The first-order valence-corrected chi connectivity index (χ1v) is 10.6. The fraction of sp³-hybridized carbons (Fsp3) is 0.0741. The lowest BCUT2D eigenvalue weighted by atomic mass is 10.0. The number of halogens is 1. The maximum Gasteiger partial charge on any atom is 0.337 e. The summed E-state index contributed by atoms with van der Waals surface area (Å²) in [4.78, 5) is 27.8. The molecule has 0 radical (unpaired) electrons. The number of benzene rings is 3. The first kappa shape index (κ1) is 22.7. The molecular formula is C27H21FN2O4. The molecule has 6 nitrogen and oxygen atoms in total. The van der Waals surface area contributed by atoms with E-state index < -0.39 is 11.9 Å². The van der Waals surface area contributed by atoms with Crippen molar-refractivity contribution in [3.05, 3.63) is 102 Å². The number of aromatic nitrogens is 1. The zero-order valence-electron chi connectivity index (χ0n) is 18.0. The largest absolute Gasteiger partial charge is 0.508 e. The van der Waals surface area contributed by atoms with Crippen LogP contribution in [0.3, 0.4) is 0 Å². The van der Waals surface area contributed by atoms with Crippen molar-refractivity contribution < 1.29 is 24.2 Å². The van der Waals surface area contributed by atoms with Crippen molar-refractivity contribution in [3.8, 4) is 28.0 Å². The number of aromatic carboxylic acids is 1. The topological polar surface area (TPSA) is 99.5 Å². The summed E-state index contributed by atoms with van der Waals surface area (Å²) in [5.74, 6) is -2.06. The molecule has 0 atom stereocenters. The van der Waals surface area contributed by atoms with E-state index in [-0.39, 0.29) is 34.9 Å². The van der Waals surface area contributed by atoms with E-state index in [1.807, 2.05) is 36.4 Å². The van der Waals surface area contributed by atoms with Crippen molar-refractivity contribution in [2.24, 2.45) is 0 Å². The molecule has 3 aromatic carbocycles. The molecule has 1 heterocycles. The van der Waals surface area contributed by atoms with Crippen molar-refractivity contribution in [3.63, 3.8) is 0 Å². The van der Waals surface area contributed by atoms with Crippen molar-refractivity contribution in [2.45, 2.75) is 12.8 Å². The van der Waals surface area contributed by atoms with Gasteiger partial charge in [-0.05, 0) is 65.1 Å². The van der Waals surface area contributed by atoms with Gasteiger partial charge in [0.15, 0.2) is 0 Å². The molecule has 1 aromatic heterocycles. The van der Waals surface area contributed by atoms with Crippen molar-refractivity contribution in [2.75, 3.05) is 5.32 Å². The van der Waals surface area contributed by atoms with Crippen LogP contribution in [-0.4, -0.2) is 27.1 Å². The highest BCUT2D eigenvalue weighted by molar-refractivity contribution is 6.01. The minimum Gasteiger partial charge on any atom is -0.508 e. The third-order valence-corrected chi connectivity index (χ3v) is 5.39. The molecular weight excluding hydrogens is 435 g/mol. The highest BCUT2D eigenvalue weighted by atomic mass is 19.1. The fourth-order valence-electron chi connectivity index (χ4n) is 3.59. The quantitative estimate of drug-likeness (QED) is 0.318. The van der Waals surface area contributed by atoms with Crippen LogP contribution in [0.5, 0.6) is 5.75 Å². The molecule has 0 spiro atoms. The van der Waals surface area contributed by atoms with Crippen molar-refractivity contribution in [1.29, 1.82) is 0 Å². The number of carbonyl (C=O) groups is 2. The van der Waals surface area contributed by atoms with E-state index in [1.54, 1.807) is 24.3 Å². The molecule has 0 saturated heterocycles. The van der Waals surface area contributed by atoms with Gasteiger partial charge in [-0.1, -0.05) is 42.5 Å². The maximum atomic E-state index is 14.0. The van der Waals surface area contributed by atoms with Crippen LogP contribution in [-0.2, 0) is 11.2 Å². The number of carboxylic acid groups (broad SMARTS) is 1. The third kappa shape index (κ3) is 5.27. The zero-order valence-corrected chi connectivity index (χ0v) is 18.0. The van der Waals surface area contributed by atoms with Crippen LogP contribution < -0.4 is 5.32 Å². The first-order chi connectivity index (χ1) is 16.4. The number of hydrogen-bond acceptors (Lipinski definition) is 4. The van der Waals surface area contributed by atoms with Crippen LogP contribution in [0.25, 0.3) is 22.3 Å². The number of phenolic OH excluding ortho intramolecular Hbond substituents is 1. The smallest absolute Gasteiger partial charge is 0.337 e. The Morgan fingerprint density at radius 2 is 1.53 bits per heavy atom. The molecule has 34 heavy (non-hydrogen) atoms. The molecule has 170 valence electrons. The van der Waals surface area contributed by atoms with Crippen LogP contribution >= 0.6 is 0 Å². The molecule has 0 fully saturated rings. The zero-order chi connectivity index (χ0) is 24.1. The standard InChI is InChI=1S/C27H21FN2O4/c28-26-22(2-1-15-29-26)20-10-13-24(23(16-20)27(33)34)30-25(32)14-5-17-3-6-18(7-4-17)19-8-11-21(31)12-9-19/h1-4,6-13,15-16,31H,5,14H2,(H,30,32)(H,33,34). The van der Waals surface area contributed by atoms with Crippen LogP contribution in [0, 0.1) is 5.95 Å². The summed E-state index contributed by atoms with van der Waals surface area (Å²) in [6.07, 6.45) is 1.95. The highest BCUT2D eigenvalue weighted by Gasteiger charge is 2.16. The van der Waals surface area contributed by atoms with Gasteiger partial charge in [-0.25, -0.2) is 9.78 Å².